The van der Waals surface area contributed by atoms with Crippen molar-refractivity contribution in [3.8, 4) is 10.9 Å². The second-order valence-corrected chi connectivity index (χ2v) is 7.12. The molecule has 0 atom stereocenters. The molecule has 0 saturated heterocycles. The molecule has 0 spiro atoms. The Morgan fingerprint density at radius 2 is 1.96 bits per heavy atom. The number of rotatable bonds is 7. The van der Waals surface area contributed by atoms with Gasteiger partial charge in [0, 0.05) is 29.0 Å². The second kappa shape index (κ2) is 8.78. The Kier molecular flexibility index (Phi) is 6.19. The van der Waals surface area contributed by atoms with Gasteiger partial charge >= 0.3 is 0 Å². The number of hydrogen-bond donors (Lipinski definition) is 1. The normalized spacial score (nSPS) is 10.4. The molecule has 0 aliphatic heterocycles. The zero-order valence-corrected chi connectivity index (χ0v) is 15.8. The van der Waals surface area contributed by atoms with Crippen molar-refractivity contribution in [2.45, 2.75) is 19.4 Å². The average molecular weight is 417 g/mol. The van der Waals surface area contributed by atoms with Gasteiger partial charge in [-0.3, -0.25) is 4.79 Å². The van der Waals surface area contributed by atoms with E-state index in [1.54, 1.807) is 6.20 Å². The first kappa shape index (κ1) is 17.6. The van der Waals surface area contributed by atoms with Crippen LogP contribution in [-0.2, 0) is 17.8 Å². The molecule has 1 amide bonds. The SMILES string of the molecule is O=C(CCc1ccccc1Br)NCc1ccc(Oc2nccs2)cc1. The highest BCUT2D eigenvalue weighted by Crippen LogP contribution is 2.23. The predicted molar refractivity (Wildman–Crippen MR) is 103 cm³/mol. The van der Waals surface area contributed by atoms with Crippen molar-refractivity contribution in [3.05, 3.63) is 75.7 Å². The Morgan fingerprint density at radius 3 is 2.68 bits per heavy atom. The molecule has 2 aromatic carbocycles. The predicted octanol–water partition coefficient (Wildman–Crippen LogP) is 4.95. The zero-order chi connectivity index (χ0) is 17.5. The van der Waals surface area contributed by atoms with Gasteiger partial charge in [0.15, 0.2) is 0 Å². The molecule has 6 heteroatoms. The van der Waals surface area contributed by atoms with Gasteiger partial charge in [0.2, 0.25) is 5.91 Å². The van der Waals surface area contributed by atoms with Gasteiger partial charge in [0.05, 0.1) is 0 Å². The number of halogens is 1. The van der Waals surface area contributed by atoms with Crippen LogP contribution in [0.15, 0.2) is 64.6 Å². The smallest absolute Gasteiger partial charge is 0.278 e. The molecule has 1 aromatic heterocycles. The van der Waals surface area contributed by atoms with Crippen LogP contribution in [0.3, 0.4) is 0 Å². The number of nitrogens with zero attached hydrogens (tertiary/aromatic N) is 1. The van der Waals surface area contributed by atoms with E-state index in [0.29, 0.717) is 24.6 Å². The summed E-state index contributed by atoms with van der Waals surface area (Å²) < 4.78 is 6.65. The lowest BCUT2D eigenvalue weighted by molar-refractivity contribution is -0.121. The minimum atomic E-state index is 0.0406. The number of aromatic nitrogens is 1. The largest absolute Gasteiger partial charge is 0.431 e. The molecule has 3 rings (SSSR count). The van der Waals surface area contributed by atoms with E-state index in [-0.39, 0.29) is 5.91 Å². The van der Waals surface area contributed by atoms with Gasteiger partial charge in [0.1, 0.15) is 5.75 Å². The maximum absolute atomic E-state index is 12.0. The van der Waals surface area contributed by atoms with Crippen molar-refractivity contribution in [2.75, 3.05) is 0 Å². The van der Waals surface area contributed by atoms with Gasteiger partial charge in [-0.2, -0.15) is 0 Å². The maximum atomic E-state index is 12.0. The molecule has 0 aliphatic rings. The molecule has 0 aliphatic carbocycles. The van der Waals surface area contributed by atoms with Crippen LogP contribution in [0.2, 0.25) is 0 Å². The lowest BCUT2D eigenvalue weighted by Crippen LogP contribution is -2.23. The number of benzene rings is 2. The van der Waals surface area contributed by atoms with Crippen LogP contribution in [0, 0.1) is 0 Å². The topological polar surface area (TPSA) is 51.2 Å². The monoisotopic (exact) mass is 416 g/mol. The first-order valence-corrected chi connectivity index (χ1v) is 9.54. The summed E-state index contributed by atoms with van der Waals surface area (Å²) in [6.45, 7) is 0.506. The summed E-state index contributed by atoms with van der Waals surface area (Å²) in [5.41, 5.74) is 2.17. The van der Waals surface area contributed by atoms with Gasteiger partial charge in [-0.25, -0.2) is 4.98 Å². The quantitative estimate of drug-likeness (QED) is 0.592. The number of aryl methyl sites for hydroxylation is 1. The summed E-state index contributed by atoms with van der Waals surface area (Å²) in [5.74, 6) is 0.776. The van der Waals surface area contributed by atoms with Crippen LogP contribution in [0.5, 0.6) is 10.9 Å². The number of carbonyl (C=O) groups excluding carboxylic acids is 1. The molecule has 1 N–H and O–H groups in total. The summed E-state index contributed by atoms with van der Waals surface area (Å²) in [6, 6.07) is 15.6. The lowest BCUT2D eigenvalue weighted by atomic mass is 10.1. The highest BCUT2D eigenvalue weighted by molar-refractivity contribution is 9.10. The Labute approximate surface area is 159 Å². The number of carbonyl (C=O) groups is 1. The Bertz CT molecular complexity index is 820. The molecule has 128 valence electrons. The molecule has 25 heavy (non-hydrogen) atoms. The van der Waals surface area contributed by atoms with E-state index in [1.165, 1.54) is 11.3 Å². The van der Waals surface area contributed by atoms with E-state index in [2.05, 4.69) is 26.2 Å². The first-order valence-electron chi connectivity index (χ1n) is 7.87. The van der Waals surface area contributed by atoms with Crippen molar-refractivity contribution in [3.63, 3.8) is 0 Å². The Balaban J connectivity index is 1.45. The highest BCUT2D eigenvalue weighted by atomic mass is 79.9. The van der Waals surface area contributed by atoms with Crippen LogP contribution in [-0.4, -0.2) is 10.9 Å². The third-order valence-corrected chi connectivity index (χ3v) is 5.03. The van der Waals surface area contributed by atoms with E-state index >= 15 is 0 Å². The highest BCUT2D eigenvalue weighted by Gasteiger charge is 2.05. The van der Waals surface area contributed by atoms with Gasteiger partial charge in [0.25, 0.3) is 5.19 Å². The molecule has 0 saturated carbocycles. The van der Waals surface area contributed by atoms with Crippen molar-refractivity contribution >= 4 is 33.2 Å². The fourth-order valence-electron chi connectivity index (χ4n) is 2.28. The molecule has 0 unspecified atom stereocenters. The van der Waals surface area contributed by atoms with E-state index in [0.717, 1.165) is 21.3 Å². The van der Waals surface area contributed by atoms with E-state index in [1.807, 2.05) is 53.9 Å². The van der Waals surface area contributed by atoms with E-state index in [9.17, 15) is 4.79 Å². The lowest BCUT2D eigenvalue weighted by Gasteiger charge is -2.07. The first-order chi connectivity index (χ1) is 12.2. The van der Waals surface area contributed by atoms with Crippen LogP contribution < -0.4 is 10.1 Å². The van der Waals surface area contributed by atoms with Crippen molar-refractivity contribution in [2.24, 2.45) is 0 Å². The minimum Gasteiger partial charge on any atom is -0.431 e. The third kappa shape index (κ3) is 5.41. The number of hydrogen-bond acceptors (Lipinski definition) is 4. The average Bonchev–Trinajstić information content (AvgIpc) is 3.13. The van der Waals surface area contributed by atoms with Gasteiger partial charge in [-0.1, -0.05) is 57.6 Å². The van der Waals surface area contributed by atoms with Crippen LogP contribution in [0.25, 0.3) is 0 Å². The third-order valence-electron chi connectivity index (χ3n) is 3.61. The summed E-state index contributed by atoms with van der Waals surface area (Å²) in [5, 5.41) is 5.44. The van der Waals surface area contributed by atoms with Crippen LogP contribution in [0.1, 0.15) is 17.5 Å². The molecular formula is C19H17BrN2O2S. The van der Waals surface area contributed by atoms with E-state index in [4.69, 9.17) is 4.74 Å². The molecule has 1 heterocycles. The summed E-state index contributed by atoms with van der Waals surface area (Å²) in [4.78, 5) is 16.1. The van der Waals surface area contributed by atoms with Crippen molar-refractivity contribution in [1.82, 2.24) is 10.3 Å². The minimum absolute atomic E-state index is 0.0406. The summed E-state index contributed by atoms with van der Waals surface area (Å²) in [7, 11) is 0. The number of thiazole rings is 1. The fourth-order valence-corrected chi connectivity index (χ4v) is 3.26. The zero-order valence-electron chi connectivity index (χ0n) is 13.4. The van der Waals surface area contributed by atoms with Crippen molar-refractivity contribution < 1.29 is 9.53 Å². The molecule has 0 fully saturated rings. The van der Waals surface area contributed by atoms with Gasteiger partial charge in [-0.15, -0.1) is 0 Å². The number of amides is 1. The molecule has 4 nitrogen and oxygen atoms in total. The molecule has 0 bridgehead atoms. The fraction of sp³-hybridized carbons (Fsp3) is 0.158. The number of ether oxygens (including phenoxy) is 1. The molecule has 0 radical (unpaired) electrons. The molecular weight excluding hydrogens is 400 g/mol. The molecule has 3 aromatic rings. The van der Waals surface area contributed by atoms with Crippen molar-refractivity contribution in [1.29, 1.82) is 0 Å². The second-order valence-electron chi connectivity index (χ2n) is 5.41. The summed E-state index contributed by atoms with van der Waals surface area (Å²) >= 11 is 4.95. The standard InChI is InChI=1S/C19H17BrN2O2S/c20-17-4-2-1-3-15(17)7-10-18(23)22-13-14-5-8-16(9-6-14)24-19-21-11-12-25-19/h1-6,8-9,11-12H,7,10,13H2,(H,22,23). The van der Waals surface area contributed by atoms with Gasteiger partial charge in [-0.05, 0) is 35.7 Å². The van der Waals surface area contributed by atoms with E-state index < -0.39 is 0 Å². The van der Waals surface area contributed by atoms with Crippen LogP contribution in [0.4, 0.5) is 0 Å². The summed E-state index contributed by atoms with van der Waals surface area (Å²) in [6.07, 6.45) is 2.89. The van der Waals surface area contributed by atoms with Gasteiger partial charge < -0.3 is 10.1 Å². The Morgan fingerprint density at radius 1 is 1.16 bits per heavy atom. The number of nitrogens with one attached hydrogen (secondary N) is 1. The maximum Gasteiger partial charge on any atom is 0.278 e. The van der Waals surface area contributed by atoms with Crippen LogP contribution >= 0.6 is 27.3 Å². The Hall–Kier alpha value is -2.18.